The van der Waals surface area contributed by atoms with Gasteiger partial charge in [-0.25, -0.2) is 0 Å². The van der Waals surface area contributed by atoms with E-state index in [9.17, 15) is 20.2 Å². The molecule has 2 aromatic rings. The van der Waals surface area contributed by atoms with Gasteiger partial charge in [0.15, 0.2) is 5.75 Å². The van der Waals surface area contributed by atoms with Crippen molar-refractivity contribution >= 4 is 17.1 Å². The summed E-state index contributed by atoms with van der Waals surface area (Å²) in [4.78, 5) is 18.7. The van der Waals surface area contributed by atoms with Crippen LogP contribution in [0.2, 0.25) is 0 Å². The highest BCUT2D eigenvalue weighted by molar-refractivity contribution is 5.52. The average Bonchev–Trinajstić information content (AvgIpc) is 2.54. The van der Waals surface area contributed by atoms with Crippen molar-refractivity contribution in [3.05, 3.63) is 68.8 Å². The Kier molecular flexibility index (Phi) is 6.76. The smallest absolute Gasteiger partial charge is 0.317 e. The van der Waals surface area contributed by atoms with Crippen molar-refractivity contribution < 1.29 is 15.0 Å². The number of phenolic OH excluding ortho intramolecular Hbond substituents is 1. The lowest BCUT2D eigenvalue weighted by Crippen LogP contribution is -1.98. The van der Waals surface area contributed by atoms with Crippen molar-refractivity contribution in [3.8, 4) is 5.75 Å². The van der Waals surface area contributed by atoms with E-state index in [1.165, 1.54) is 0 Å². The molecule has 0 atom stereocenters. The van der Waals surface area contributed by atoms with E-state index in [0.29, 0.717) is 6.07 Å². The summed E-state index contributed by atoms with van der Waals surface area (Å²) in [5.74, 6) is -0.587. The number of nitrogens with zero attached hydrogens (tertiary/aromatic N) is 5. The van der Waals surface area contributed by atoms with Crippen LogP contribution in [-0.4, -0.2) is 34.1 Å². The predicted molar refractivity (Wildman–Crippen MR) is 86.1 cm³/mol. The molecule has 0 amide bonds. The van der Waals surface area contributed by atoms with Crippen LogP contribution < -0.4 is 0 Å². The molecular weight excluding hydrogens is 318 g/mol. The molecule has 0 aliphatic heterocycles. The Hall–Kier alpha value is -3.56. The van der Waals surface area contributed by atoms with Gasteiger partial charge in [-0.15, -0.1) is 5.11 Å². The molecule has 0 unspecified atom stereocenters. The number of benzene rings is 2. The van der Waals surface area contributed by atoms with Gasteiger partial charge in [-0.05, 0) is 18.2 Å². The summed E-state index contributed by atoms with van der Waals surface area (Å²) in [6.45, 7) is 0. The van der Waals surface area contributed by atoms with Crippen LogP contribution in [0.25, 0.3) is 0 Å². The molecule has 10 heteroatoms. The zero-order valence-corrected chi connectivity index (χ0v) is 12.9. The van der Waals surface area contributed by atoms with Crippen molar-refractivity contribution in [2.75, 3.05) is 14.1 Å². The SMILES string of the molecule is CN(C)/N=N/c1ccccc1.O=[N+]([O-])c1ccc(O)c([N+](=O)[O-])c1. The Morgan fingerprint density at radius 1 is 1.00 bits per heavy atom. The van der Waals surface area contributed by atoms with Crippen molar-refractivity contribution in [1.82, 2.24) is 5.01 Å². The summed E-state index contributed by atoms with van der Waals surface area (Å²) in [7, 11) is 3.68. The first-order valence-electron chi connectivity index (χ1n) is 6.57. The quantitative estimate of drug-likeness (QED) is 0.517. The van der Waals surface area contributed by atoms with E-state index in [0.717, 1.165) is 17.8 Å². The third-order valence-electron chi connectivity index (χ3n) is 2.46. The Morgan fingerprint density at radius 3 is 2.12 bits per heavy atom. The first kappa shape index (κ1) is 18.5. The number of rotatable bonds is 4. The van der Waals surface area contributed by atoms with Gasteiger partial charge in [-0.1, -0.05) is 23.4 Å². The minimum absolute atomic E-state index is 0.426. The van der Waals surface area contributed by atoms with Gasteiger partial charge in [0, 0.05) is 20.2 Å². The number of hydrogen-bond acceptors (Lipinski definition) is 7. The normalized spacial score (nSPS) is 9.92. The zero-order valence-electron chi connectivity index (χ0n) is 12.9. The summed E-state index contributed by atoms with van der Waals surface area (Å²) < 4.78 is 0. The van der Waals surface area contributed by atoms with Crippen LogP contribution in [0.1, 0.15) is 0 Å². The molecule has 0 spiro atoms. The van der Waals surface area contributed by atoms with Gasteiger partial charge in [0.2, 0.25) is 0 Å². The summed E-state index contributed by atoms with van der Waals surface area (Å²) in [5.41, 5.74) is -0.222. The molecule has 10 nitrogen and oxygen atoms in total. The Balaban J connectivity index is 0.000000243. The lowest BCUT2D eigenvalue weighted by atomic mass is 10.2. The molecule has 126 valence electrons. The van der Waals surface area contributed by atoms with Gasteiger partial charge in [-0.2, -0.15) is 0 Å². The van der Waals surface area contributed by atoms with Gasteiger partial charge >= 0.3 is 5.69 Å². The van der Waals surface area contributed by atoms with Gasteiger partial charge in [-0.3, -0.25) is 25.2 Å². The molecule has 2 rings (SSSR count). The number of aromatic hydroxyl groups is 1. The number of nitro benzene ring substituents is 2. The molecule has 24 heavy (non-hydrogen) atoms. The first-order chi connectivity index (χ1) is 11.3. The summed E-state index contributed by atoms with van der Waals surface area (Å²) in [5, 5.41) is 38.8. The van der Waals surface area contributed by atoms with Gasteiger partial charge in [0.1, 0.15) is 0 Å². The molecule has 0 bridgehead atoms. The third kappa shape index (κ3) is 6.05. The van der Waals surface area contributed by atoms with Gasteiger partial charge in [0.05, 0.1) is 21.6 Å². The Labute approximate surface area is 137 Å². The maximum atomic E-state index is 10.2. The van der Waals surface area contributed by atoms with E-state index in [-0.39, 0.29) is 0 Å². The minimum atomic E-state index is -0.887. The number of non-ortho nitro benzene ring substituents is 1. The van der Waals surface area contributed by atoms with E-state index >= 15 is 0 Å². The molecule has 0 fully saturated rings. The fourth-order valence-corrected chi connectivity index (χ4v) is 1.41. The molecule has 2 aromatic carbocycles. The van der Waals surface area contributed by atoms with Crippen LogP contribution in [0.3, 0.4) is 0 Å². The topological polar surface area (TPSA) is 134 Å². The number of phenols is 1. The van der Waals surface area contributed by atoms with Crippen molar-refractivity contribution in [1.29, 1.82) is 0 Å². The van der Waals surface area contributed by atoms with Crippen LogP contribution in [0.4, 0.5) is 17.1 Å². The number of nitro groups is 2. The Morgan fingerprint density at radius 2 is 1.62 bits per heavy atom. The van der Waals surface area contributed by atoms with E-state index < -0.39 is 27.0 Å². The minimum Gasteiger partial charge on any atom is -0.502 e. The monoisotopic (exact) mass is 333 g/mol. The van der Waals surface area contributed by atoms with E-state index in [1.807, 2.05) is 44.4 Å². The van der Waals surface area contributed by atoms with Crippen LogP contribution in [0.5, 0.6) is 5.75 Å². The average molecular weight is 333 g/mol. The molecule has 0 aliphatic carbocycles. The fourth-order valence-electron chi connectivity index (χ4n) is 1.41. The highest BCUT2D eigenvalue weighted by Gasteiger charge is 2.18. The van der Waals surface area contributed by atoms with E-state index in [1.54, 1.807) is 5.01 Å². The van der Waals surface area contributed by atoms with E-state index in [2.05, 4.69) is 10.3 Å². The summed E-state index contributed by atoms with van der Waals surface area (Å²) in [6.07, 6.45) is 0. The summed E-state index contributed by atoms with van der Waals surface area (Å²) >= 11 is 0. The second-order valence-electron chi connectivity index (χ2n) is 4.56. The highest BCUT2D eigenvalue weighted by atomic mass is 16.6. The maximum Gasteiger partial charge on any atom is 0.317 e. The zero-order chi connectivity index (χ0) is 18.1. The van der Waals surface area contributed by atoms with Crippen LogP contribution in [0, 0.1) is 20.2 Å². The predicted octanol–water partition coefficient (Wildman–Crippen LogP) is 3.46. The van der Waals surface area contributed by atoms with Crippen LogP contribution in [0.15, 0.2) is 58.9 Å². The molecule has 1 N–H and O–H groups in total. The second kappa shape index (κ2) is 8.78. The van der Waals surface area contributed by atoms with Crippen LogP contribution >= 0.6 is 0 Å². The second-order valence-corrected chi connectivity index (χ2v) is 4.56. The Bertz CT molecular complexity index is 734. The molecule has 0 aromatic heterocycles. The summed E-state index contributed by atoms with van der Waals surface area (Å²) in [6, 6.07) is 12.2. The van der Waals surface area contributed by atoms with Crippen molar-refractivity contribution in [2.45, 2.75) is 0 Å². The van der Waals surface area contributed by atoms with E-state index in [4.69, 9.17) is 5.11 Å². The van der Waals surface area contributed by atoms with Gasteiger partial charge < -0.3 is 5.11 Å². The highest BCUT2D eigenvalue weighted by Crippen LogP contribution is 2.29. The molecule has 0 heterocycles. The van der Waals surface area contributed by atoms with Crippen molar-refractivity contribution in [2.24, 2.45) is 10.3 Å². The fraction of sp³-hybridized carbons (Fsp3) is 0.143. The molecule has 0 aliphatic rings. The number of hydrogen-bond donors (Lipinski definition) is 1. The molecule has 0 saturated carbocycles. The molecule has 0 saturated heterocycles. The lowest BCUT2D eigenvalue weighted by Gasteiger charge is -1.99. The largest absolute Gasteiger partial charge is 0.502 e. The van der Waals surface area contributed by atoms with Gasteiger partial charge in [0.25, 0.3) is 5.69 Å². The standard InChI is InChI=1S/C8H11N3.C6H4N2O5/c1-11(2)10-9-8-6-4-3-5-7-8;9-6-2-1-4(7(10)11)3-5(6)8(12)13/h3-7H,1-2H3;1-3,9H/b10-9+;. The molecular formula is C14H15N5O5. The first-order valence-corrected chi connectivity index (χ1v) is 6.57. The maximum absolute atomic E-state index is 10.2. The van der Waals surface area contributed by atoms with Crippen molar-refractivity contribution in [3.63, 3.8) is 0 Å². The molecule has 0 radical (unpaired) electrons. The third-order valence-corrected chi connectivity index (χ3v) is 2.46. The lowest BCUT2D eigenvalue weighted by molar-refractivity contribution is -0.394. The van der Waals surface area contributed by atoms with Crippen LogP contribution in [-0.2, 0) is 0 Å².